The molecule has 0 spiro atoms. The van der Waals surface area contributed by atoms with Crippen LogP contribution in [0.25, 0.3) is 88.5 Å². The third-order valence-electron chi connectivity index (χ3n) is 13.2. The van der Waals surface area contributed by atoms with Crippen molar-refractivity contribution in [3.63, 3.8) is 0 Å². The predicted octanol–water partition coefficient (Wildman–Crippen LogP) is 17.1. The van der Waals surface area contributed by atoms with Gasteiger partial charge < -0.3 is 23.7 Å². The second-order valence-electron chi connectivity index (χ2n) is 17.3. The van der Waals surface area contributed by atoms with E-state index in [9.17, 15) is 0 Å². The van der Waals surface area contributed by atoms with E-state index in [2.05, 4.69) is 106 Å². The van der Waals surface area contributed by atoms with Crippen molar-refractivity contribution < 1.29 is 39.5 Å². The van der Waals surface area contributed by atoms with E-state index < -0.39 is 60.4 Å². The molecule has 0 fully saturated rings. The second kappa shape index (κ2) is 18.3. The zero-order valence-corrected chi connectivity index (χ0v) is 40.7. The molecule has 0 unspecified atom stereocenters. The molecule has 0 bridgehead atoms. The number of hydrogen-bond acceptors (Lipinski definition) is 4. The quantitative estimate of drug-likeness (QED) is 0.135. The Balaban J connectivity index is 0.00000645. The Morgan fingerprint density at radius 2 is 1.11 bits per heavy atom. The van der Waals surface area contributed by atoms with Crippen LogP contribution < -0.4 is 14.5 Å². The number of nitrogens with zero attached hydrogens (tertiary/aromatic N) is 5. The van der Waals surface area contributed by atoms with Crippen molar-refractivity contribution in [2.75, 3.05) is 9.80 Å². The van der Waals surface area contributed by atoms with Gasteiger partial charge in [-0.1, -0.05) is 169 Å². The SMILES string of the molecule is [2H]c1c([2H])c([2H])c(-c2cccc(-c3c([2H])c([2H])c([2H])c([2H])c3[2H])c2N2[CH-]N(c3[c-]c(Oc4[c-]c5c(cc4)c4cc(-c6cccc7c8ccccc8n(-c8ccccc8)c67)ccc4n5-c4ccccn4)ccc3)c3ccccc32)c([2H])c1[2H].[Pt]. The number of hydrogen-bond donors (Lipinski definition) is 0. The maximum Gasteiger partial charge on any atom is 0.135 e. The Kier molecular flexibility index (Phi) is 8.63. The van der Waals surface area contributed by atoms with Crippen LogP contribution in [-0.4, -0.2) is 14.1 Å². The van der Waals surface area contributed by atoms with Gasteiger partial charge in [-0.05, 0) is 70.6 Å². The summed E-state index contributed by atoms with van der Waals surface area (Å²) in [7, 11) is 0. The van der Waals surface area contributed by atoms with Crippen LogP contribution in [0, 0.1) is 18.8 Å². The molecular weight excluding hydrogens is 1070 g/mol. The summed E-state index contributed by atoms with van der Waals surface area (Å²) < 4.78 is 98.7. The van der Waals surface area contributed by atoms with Crippen LogP contribution in [0.3, 0.4) is 0 Å². The van der Waals surface area contributed by atoms with Crippen LogP contribution in [0.5, 0.6) is 11.5 Å². The van der Waals surface area contributed by atoms with Gasteiger partial charge in [0.1, 0.15) is 5.82 Å². The second-order valence-corrected chi connectivity index (χ2v) is 17.3. The number of fused-ring (bicyclic) bond motifs is 7. The van der Waals surface area contributed by atoms with E-state index in [4.69, 9.17) is 23.4 Å². The average Bonchev–Trinajstić information content (AvgIpc) is 3.57. The molecule has 13 aromatic rings. The number of pyridine rings is 1. The summed E-state index contributed by atoms with van der Waals surface area (Å²) in [6.07, 6.45) is 1.77. The summed E-state index contributed by atoms with van der Waals surface area (Å²) in [5, 5.41) is 4.28. The molecule has 10 aromatic carbocycles. The van der Waals surface area contributed by atoms with E-state index in [1.807, 2.05) is 77.7 Å². The molecule has 0 saturated heterocycles. The monoisotopic (exact) mass is 1130 g/mol. The third kappa shape index (κ3) is 7.49. The molecule has 14 rings (SSSR count). The molecule has 0 radical (unpaired) electrons. The van der Waals surface area contributed by atoms with Gasteiger partial charge in [0.2, 0.25) is 0 Å². The van der Waals surface area contributed by atoms with Crippen molar-refractivity contribution in [3.8, 4) is 56.4 Å². The number of para-hydroxylation sites is 6. The summed E-state index contributed by atoms with van der Waals surface area (Å²) in [4.78, 5) is 8.41. The number of aromatic nitrogens is 3. The topological polar surface area (TPSA) is 38.5 Å². The minimum atomic E-state index is -0.569. The van der Waals surface area contributed by atoms with E-state index >= 15 is 0 Å². The van der Waals surface area contributed by atoms with Crippen LogP contribution in [0.4, 0.5) is 22.7 Å². The maximum absolute atomic E-state index is 9.07. The van der Waals surface area contributed by atoms with Crippen molar-refractivity contribution >= 4 is 66.4 Å². The van der Waals surface area contributed by atoms with Gasteiger partial charge in [0.15, 0.2) is 0 Å². The van der Waals surface area contributed by atoms with Gasteiger partial charge >= 0.3 is 0 Å². The first-order valence-electron chi connectivity index (χ1n) is 28.4. The van der Waals surface area contributed by atoms with Crippen molar-refractivity contribution in [1.29, 1.82) is 0 Å². The van der Waals surface area contributed by atoms with Crippen molar-refractivity contribution in [2.24, 2.45) is 0 Å². The van der Waals surface area contributed by atoms with E-state index in [1.165, 1.54) is 5.39 Å². The smallest absolute Gasteiger partial charge is 0.135 e. The largest absolute Gasteiger partial charge is 0.509 e. The fraction of sp³-hybridized carbons (Fsp3) is 0. The van der Waals surface area contributed by atoms with Crippen LogP contribution in [0.15, 0.2) is 249 Å². The first kappa shape index (κ1) is 34.4. The summed E-state index contributed by atoms with van der Waals surface area (Å²) in [5.74, 6) is 1.49. The zero-order chi connectivity index (χ0) is 56.2. The predicted molar refractivity (Wildman–Crippen MR) is 295 cm³/mol. The Morgan fingerprint density at radius 3 is 1.88 bits per heavy atom. The fourth-order valence-corrected chi connectivity index (χ4v) is 10.2. The van der Waals surface area contributed by atoms with Gasteiger partial charge in [-0.2, -0.15) is 12.1 Å². The van der Waals surface area contributed by atoms with E-state index in [-0.39, 0.29) is 49.0 Å². The average molecular weight is 1130 g/mol. The van der Waals surface area contributed by atoms with Crippen LogP contribution in [0.1, 0.15) is 13.7 Å². The molecule has 0 aliphatic carbocycles. The minimum Gasteiger partial charge on any atom is -0.509 e. The van der Waals surface area contributed by atoms with Gasteiger partial charge in [0, 0.05) is 94.5 Å². The normalized spacial score (nSPS) is 14.1. The van der Waals surface area contributed by atoms with Gasteiger partial charge in [-0.15, -0.1) is 48.1 Å². The molecule has 3 aromatic heterocycles. The standard InChI is InChI=1S/C66H42N5O.Pt/c1-4-19-45(20-5-1)52-28-17-29-53(46-21-6-2-7-22-46)65(52)69-44-68(61-33-12-13-34-62(61)69)49-25-16-26-50(42-49)72-51-37-38-56-58-41-47(36-39-60(58)71(63(56)43-51)64-35-14-15-40-67-64)54-30-18-31-57-55-27-10-11-32-59(55)70(66(54)57)48-23-8-3-9-24-48;/h1-41,44H;/q-3;/i1D,2D,4D,5D,6D,7D,19D,20D,21D,22D;. The van der Waals surface area contributed by atoms with Crippen molar-refractivity contribution in [3.05, 3.63) is 267 Å². The third-order valence-corrected chi connectivity index (χ3v) is 13.2. The van der Waals surface area contributed by atoms with Crippen molar-refractivity contribution in [1.82, 2.24) is 14.1 Å². The summed E-state index contributed by atoms with van der Waals surface area (Å²) in [5.41, 5.74) is 9.21. The number of rotatable bonds is 9. The molecule has 7 heteroatoms. The summed E-state index contributed by atoms with van der Waals surface area (Å²) in [6.45, 7) is 1.74. The molecule has 0 atom stereocenters. The first-order chi connectivity index (χ1) is 39.9. The molecule has 1 aliphatic heterocycles. The number of benzene rings is 10. The Bertz CT molecular complexity index is 4660. The molecule has 73 heavy (non-hydrogen) atoms. The molecule has 0 saturated carbocycles. The Labute approximate surface area is 451 Å². The van der Waals surface area contributed by atoms with E-state index in [0.29, 0.717) is 34.4 Å². The zero-order valence-electron chi connectivity index (χ0n) is 48.4. The van der Waals surface area contributed by atoms with E-state index in [1.54, 1.807) is 42.0 Å². The van der Waals surface area contributed by atoms with E-state index in [0.717, 1.165) is 55.0 Å². The Hall–Kier alpha value is -8.96. The molecule has 6 nitrogen and oxygen atoms in total. The molecule has 1 aliphatic rings. The van der Waals surface area contributed by atoms with Crippen LogP contribution in [0.2, 0.25) is 0 Å². The van der Waals surface area contributed by atoms with Gasteiger partial charge in [0.25, 0.3) is 0 Å². The van der Waals surface area contributed by atoms with Gasteiger partial charge in [-0.25, -0.2) is 4.98 Å². The molecule has 350 valence electrons. The molecule has 0 N–H and O–H groups in total. The molecule has 0 amide bonds. The maximum atomic E-state index is 9.07. The first-order valence-corrected chi connectivity index (χ1v) is 23.4. The summed E-state index contributed by atoms with van der Waals surface area (Å²) >= 11 is 0. The van der Waals surface area contributed by atoms with Crippen LogP contribution >= 0.6 is 0 Å². The fourth-order valence-electron chi connectivity index (χ4n) is 10.2. The van der Waals surface area contributed by atoms with Crippen LogP contribution in [-0.2, 0) is 21.1 Å². The number of anilines is 4. The molecular formula is C66H42N5OPt-3. The molecule has 4 heterocycles. The summed E-state index contributed by atoms with van der Waals surface area (Å²) in [6, 6.07) is 61.3. The van der Waals surface area contributed by atoms with Crippen molar-refractivity contribution in [2.45, 2.75) is 0 Å². The number of ether oxygens (including phenoxy) is 1. The van der Waals surface area contributed by atoms with Gasteiger partial charge in [0.05, 0.1) is 24.7 Å². The minimum absolute atomic E-state index is 0. The Morgan fingerprint density at radius 1 is 0.466 bits per heavy atom. The van der Waals surface area contributed by atoms with Gasteiger partial charge in [-0.3, -0.25) is 0 Å².